The molecule has 1 aromatic heterocycles. The van der Waals surface area contributed by atoms with E-state index < -0.39 is 0 Å². The molecule has 4 unspecified atom stereocenters. The minimum Gasteiger partial charge on any atom is -0.385 e. The molecule has 112 valence electrons. The standard InChI is InChI=1S/C16H27N3O/c1-12(15-11-13-4-5-14(15)10-13)19-8-7-18-16(19)17-6-3-9-20-2/h7-8,12-15H,3-6,9-11H2,1-2H3,(H,17,18). The molecule has 0 saturated heterocycles. The van der Waals surface area contributed by atoms with Crippen molar-refractivity contribution in [2.75, 3.05) is 25.6 Å². The van der Waals surface area contributed by atoms with E-state index in [9.17, 15) is 0 Å². The zero-order valence-corrected chi connectivity index (χ0v) is 12.7. The summed E-state index contributed by atoms with van der Waals surface area (Å²) in [4.78, 5) is 4.48. The number of nitrogens with zero attached hydrogens (tertiary/aromatic N) is 2. The molecule has 4 heteroatoms. The number of hydrogen-bond donors (Lipinski definition) is 1. The van der Waals surface area contributed by atoms with E-state index in [0.717, 1.165) is 43.3 Å². The minimum absolute atomic E-state index is 0.567. The summed E-state index contributed by atoms with van der Waals surface area (Å²) in [6, 6.07) is 0.567. The molecule has 2 aliphatic carbocycles. The normalized spacial score (nSPS) is 29.8. The van der Waals surface area contributed by atoms with Crippen LogP contribution in [0.15, 0.2) is 12.4 Å². The van der Waals surface area contributed by atoms with Gasteiger partial charge in [0.1, 0.15) is 0 Å². The summed E-state index contributed by atoms with van der Waals surface area (Å²) in [5, 5.41) is 3.45. The van der Waals surface area contributed by atoms with Gasteiger partial charge in [0.2, 0.25) is 5.95 Å². The molecule has 1 aromatic rings. The van der Waals surface area contributed by atoms with Crippen LogP contribution in [0.5, 0.6) is 0 Å². The highest BCUT2D eigenvalue weighted by Gasteiger charge is 2.42. The van der Waals surface area contributed by atoms with Crippen LogP contribution in [0.1, 0.15) is 45.1 Å². The van der Waals surface area contributed by atoms with Crippen LogP contribution >= 0.6 is 0 Å². The number of fused-ring (bicyclic) bond motifs is 2. The molecule has 0 spiro atoms. The molecule has 0 radical (unpaired) electrons. The number of methoxy groups -OCH3 is 1. The lowest BCUT2D eigenvalue weighted by molar-refractivity contribution is 0.197. The predicted octanol–water partition coefficient (Wildman–Crippen LogP) is 3.33. The van der Waals surface area contributed by atoms with Crippen LogP contribution in [-0.2, 0) is 4.74 Å². The maximum absolute atomic E-state index is 5.09. The highest BCUT2D eigenvalue weighted by atomic mass is 16.5. The molecule has 0 aliphatic heterocycles. The van der Waals surface area contributed by atoms with Crippen LogP contribution in [-0.4, -0.2) is 29.8 Å². The summed E-state index contributed by atoms with van der Waals surface area (Å²) in [5.41, 5.74) is 0. The second kappa shape index (κ2) is 6.17. The number of nitrogens with one attached hydrogen (secondary N) is 1. The van der Waals surface area contributed by atoms with Crippen LogP contribution < -0.4 is 5.32 Å². The molecular formula is C16H27N3O. The highest BCUT2D eigenvalue weighted by molar-refractivity contribution is 5.26. The Morgan fingerprint density at radius 2 is 2.35 bits per heavy atom. The van der Waals surface area contributed by atoms with Crippen molar-refractivity contribution in [1.29, 1.82) is 0 Å². The maximum atomic E-state index is 5.09. The van der Waals surface area contributed by atoms with Gasteiger partial charge in [0.25, 0.3) is 0 Å². The molecule has 0 aromatic carbocycles. The van der Waals surface area contributed by atoms with Gasteiger partial charge in [-0.15, -0.1) is 0 Å². The predicted molar refractivity (Wildman–Crippen MR) is 80.9 cm³/mol. The average Bonchev–Trinajstić information content (AvgIpc) is 3.18. The zero-order chi connectivity index (χ0) is 13.9. The van der Waals surface area contributed by atoms with Crippen LogP contribution in [0.3, 0.4) is 0 Å². The fourth-order valence-electron chi connectivity index (χ4n) is 4.29. The first-order chi connectivity index (χ1) is 9.79. The van der Waals surface area contributed by atoms with Crippen molar-refractivity contribution in [2.45, 2.75) is 45.1 Å². The van der Waals surface area contributed by atoms with Crippen LogP contribution in [0, 0.1) is 17.8 Å². The minimum atomic E-state index is 0.567. The Balaban J connectivity index is 1.60. The third kappa shape index (κ3) is 2.71. The summed E-state index contributed by atoms with van der Waals surface area (Å²) in [7, 11) is 1.75. The monoisotopic (exact) mass is 277 g/mol. The molecule has 2 aliphatic rings. The lowest BCUT2D eigenvalue weighted by Gasteiger charge is -2.29. The molecule has 0 amide bonds. The van der Waals surface area contributed by atoms with E-state index in [1.807, 2.05) is 6.20 Å². The van der Waals surface area contributed by atoms with Gasteiger partial charge >= 0.3 is 0 Å². The number of ether oxygens (including phenoxy) is 1. The Morgan fingerprint density at radius 3 is 3.05 bits per heavy atom. The lowest BCUT2D eigenvalue weighted by atomic mass is 9.84. The first kappa shape index (κ1) is 13.9. The first-order valence-corrected chi connectivity index (χ1v) is 8.05. The third-order valence-electron chi connectivity index (χ3n) is 5.33. The van der Waals surface area contributed by atoms with Crippen LogP contribution in [0.2, 0.25) is 0 Å². The van der Waals surface area contributed by atoms with E-state index >= 15 is 0 Å². The van der Waals surface area contributed by atoms with Gasteiger partial charge in [-0.1, -0.05) is 6.42 Å². The van der Waals surface area contributed by atoms with Gasteiger partial charge in [-0.25, -0.2) is 4.98 Å². The fourth-order valence-corrected chi connectivity index (χ4v) is 4.29. The number of anilines is 1. The summed E-state index contributed by atoms with van der Waals surface area (Å²) >= 11 is 0. The van der Waals surface area contributed by atoms with Gasteiger partial charge < -0.3 is 14.6 Å². The number of rotatable bonds is 7. The Kier molecular flexibility index (Phi) is 4.29. The van der Waals surface area contributed by atoms with E-state index in [-0.39, 0.29) is 0 Å². The number of hydrogen-bond acceptors (Lipinski definition) is 3. The van der Waals surface area contributed by atoms with Crippen molar-refractivity contribution in [3.05, 3.63) is 12.4 Å². The number of imidazole rings is 1. The molecule has 2 saturated carbocycles. The summed E-state index contributed by atoms with van der Waals surface area (Å²) in [6.07, 6.45) is 10.9. The molecule has 2 bridgehead atoms. The molecule has 4 nitrogen and oxygen atoms in total. The molecule has 3 rings (SSSR count). The zero-order valence-electron chi connectivity index (χ0n) is 12.7. The Morgan fingerprint density at radius 1 is 1.45 bits per heavy atom. The molecule has 1 heterocycles. The maximum Gasteiger partial charge on any atom is 0.203 e. The van der Waals surface area contributed by atoms with E-state index in [4.69, 9.17) is 4.74 Å². The topological polar surface area (TPSA) is 39.1 Å². The second-order valence-electron chi connectivity index (χ2n) is 6.51. The first-order valence-electron chi connectivity index (χ1n) is 8.05. The van der Waals surface area contributed by atoms with E-state index in [1.165, 1.54) is 25.7 Å². The van der Waals surface area contributed by atoms with E-state index in [0.29, 0.717) is 6.04 Å². The van der Waals surface area contributed by atoms with Gasteiger partial charge in [-0.05, 0) is 50.4 Å². The van der Waals surface area contributed by atoms with Crippen molar-refractivity contribution in [3.63, 3.8) is 0 Å². The molecular weight excluding hydrogens is 250 g/mol. The van der Waals surface area contributed by atoms with Crippen molar-refractivity contribution >= 4 is 5.95 Å². The van der Waals surface area contributed by atoms with Gasteiger partial charge in [0.05, 0.1) is 0 Å². The third-order valence-corrected chi connectivity index (χ3v) is 5.33. The van der Waals surface area contributed by atoms with Gasteiger partial charge in [-0.3, -0.25) is 0 Å². The van der Waals surface area contributed by atoms with Crippen molar-refractivity contribution in [2.24, 2.45) is 17.8 Å². The summed E-state index contributed by atoms with van der Waals surface area (Å²) in [5.74, 6) is 3.84. The van der Waals surface area contributed by atoms with Crippen LogP contribution in [0.25, 0.3) is 0 Å². The lowest BCUT2D eigenvalue weighted by Crippen LogP contribution is -2.23. The Labute approximate surface area is 121 Å². The SMILES string of the molecule is COCCCNc1nccn1C(C)C1CC2CCC1C2. The quantitative estimate of drug-likeness (QED) is 0.777. The van der Waals surface area contributed by atoms with Crippen molar-refractivity contribution in [1.82, 2.24) is 9.55 Å². The van der Waals surface area contributed by atoms with Crippen molar-refractivity contribution < 1.29 is 4.74 Å². The van der Waals surface area contributed by atoms with E-state index in [2.05, 4.69) is 28.0 Å². The van der Waals surface area contributed by atoms with Gasteiger partial charge in [0.15, 0.2) is 0 Å². The fraction of sp³-hybridized carbons (Fsp3) is 0.812. The van der Waals surface area contributed by atoms with Crippen LogP contribution in [0.4, 0.5) is 5.95 Å². The van der Waals surface area contributed by atoms with Crippen molar-refractivity contribution in [3.8, 4) is 0 Å². The molecule has 2 fully saturated rings. The summed E-state index contributed by atoms with van der Waals surface area (Å²) in [6.45, 7) is 4.09. The summed E-state index contributed by atoms with van der Waals surface area (Å²) < 4.78 is 7.43. The molecule has 1 N–H and O–H groups in total. The van der Waals surface area contributed by atoms with Gasteiger partial charge in [-0.2, -0.15) is 0 Å². The Bertz CT molecular complexity index is 431. The number of aromatic nitrogens is 2. The second-order valence-corrected chi connectivity index (χ2v) is 6.51. The highest BCUT2D eigenvalue weighted by Crippen LogP contribution is 2.52. The molecule has 4 atom stereocenters. The Hall–Kier alpha value is -1.03. The average molecular weight is 277 g/mol. The van der Waals surface area contributed by atoms with Gasteiger partial charge in [0, 0.05) is 38.7 Å². The van der Waals surface area contributed by atoms with E-state index in [1.54, 1.807) is 7.11 Å². The molecule has 20 heavy (non-hydrogen) atoms. The smallest absolute Gasteiger partial charge is 0.203 e. The largest absolute Gasteiger partial charge is 0.385 e.